The van der Waals surface area contributed by atoms with Gasteiger partial charge in [-0.2, -0.15) is 10.2 Å². The Morgan fingerprint density at radius 2 is 2.29 bits per heavy atom. The Balaban J connectivity index is 1.88. The van der Waals surface area contributed by atoms with Crippen molar-refractivity contribution in [3.63, 3.8) is 0 Å². The Labute approximate surface area is 119 Å². The monoisotopic (exact) mass is 285 g/mol. The molecule has 0 spiro atoms. The summed E-state index contributed by atoms with van der Waals surface area (Å²) in [7, 11) is 0. The third-order valence-corrected chi connectivity index (χ3v) is 3.13. The lowest BCUT2D eigenvalue weighted by Crippen LogP contribution is -2.05. The number of benzene rings is 1. The number of nitrogens with one attached hydrogen (secondary N) is 2. The molecule has 1 aromatic carbocycles. The predicted molar refractivity (Wildman–Crippen MR) is 74.8 cm³/mol. The maximum absolute atomic E-state index is 11.4. The average Bonchev–Trinajstić information content (AvgIpc) is 2.84. The van der Waals surface area contributed by atoms with Gasteiger partial charge in [0.1, 0.15) is 5.69 Å². The highest BCUT2D eigenvalue weighted by Crippen LogP contribution is 2.34. The molecule has 0 saturated heterocycles. The van der Waals surface area contributed by atoms with Gasteiger partial charge in [-0.1, -0.05) is 0 Å². The van der Waals surface area contributed by atoms with Gasteiger partial charge in [0.05, 0.1) is 23.6 Å². The van der Waals surface area contributed by atoms with Gasteiger partial charge in [0.15, 0.2) is 0 Å². The second-order valence-electron chi connectivity index (χ2n) is 4.58. The molecule has 3 rings (SSSR count). The molecule has 0 fully saturated rings. The first-order chi connectivity index (χ1) is 10.1. The molecule has 8 heteroatoms. The average molecular weight is 285 g/mol. The molecule has 1 aliphatic rings. The molecule has 0 saturated carbocycles. The molecule has 2 N–H and O–H groups in total. The van der Waals surface area contributed by atoms with Crippen LogP contribution in [0.1, 0.15) is 11.3 Å². The lowest BCUT2D eigenvalue weighted by Gasteiger charge is -2.08. The minimum atomic E-state index is -0.470. The van der Waals surface area contributed by atoms with E-state index in [4.69, 9.17) is 0 Å². The minimum absolute atomic E-state index is 0.0610. The van der Waals surface area contributed by atoms with Crippen molar-refractivity contribution in [2.75, 3.05) is 10.6 Å². The van der Waals surface area contributed by atoms with Crippen LogP contribution < -0.4 is 10.6 Å². The van der Waals surface area contributed by atoms with Crippen molar-refractivity contribution in [2.45, 2.75) is 13.0 Å². The highest BCUT2D eigenvalue weighted by molar-refractivity contribution is 6.00. The van der Waals surface area contributed by atoms with Gasteiger partial charge in [0.25, 0.3) is 5.69 Å². The molecule has 0 atom stereocenters. The summed E-state index contributed by atoms with van der Waals surface area (Å²) in [4.78, 5) is 22.0. The molecule has 1 amide bonds. The molecule has 21 heavy (non-hydrogen) atoms. The summed E-state index contributed by atoms with van der Waals surface area (Å²) in [5, 5.41) is 24.4. The molecule has 0 unspecified atom stereocenters. The number of aromatic nitrogens is 2. The van der Waals surface area contributed by atoms with E-state index >= 15 is 0 Å². The van der Waals surface area contributed by atoms with Gasteiger partial charge in [-0.05, 0) is 23.8 Å². The summed E-state index contributed by atoms with van der Waals surface area (Å²) in [6.45, 7) is 0.307. The van der Waals surface area contributed by atoms with Gasteiger partial charge in [-0.3, -0.25) is 14.9 Å². The normalized spacial score (nSPS) is 12.7. The van der Waals surface area contributed by atoms with E-state index in [0.717, 1.165) is 0 Å². The number of anilines is 2. The van der Waals surface area contributed by atoms with Crippen LogP contribution in [0.25, 0.3) is 0 Å². The maximum Gasteiger partial charge on any atom is 0.292 e. The third kappa shape index (κ3) is 2.64. The first kappa shape index (κ1) is 13.0. The second kappa shape index (κ2) is 5.16. The van der Waals surface area contributed by atoms with E-state index in [9.17, 15) is 14.9 Å². The van der Waals surface area contributed by atoms with Crippen molar-refractivity contribution in [3.05, 3.63) is 51.8 Å². The van der Waals surface area contributed by atoms with Gasteiger partial charge in [-0.25, -0.2) is 0 Å². The van der Waals surface area contributed by atoms with Gasteiger partial charge >= 0.3 is 0 Å². The Morgan fingerprint density at radius 1 is 1.43 bits per heavy atom. The standard InChI is InChI=1S/C13H11N5O3/c19-13-5-8-4-12(18(20)21)11(6-10(8)16-13)14-7-9-2-1-3-15-17-9/h1-4,6,14H,5,7H2,(H,16,19). The van der Waals surface area contributed by atoms with E-state index in [2.05, 4.69) is 20.8 Å². The van der Waals surface area contributed by atoms with Crippen LogP contribution in [0.3, 0.4) is 0 Å². The molecule has 2 heterocycles. The highest BCUT2D eigenvalue weighted by Gasteiger charge is 2.24. The van der Waals surface area contributed by atoms with Gasteiger partial charge in [-0.15, -0.1) is 0 Å². The van der Waals surface area contributed by atoms with E-state index < -0.39 is 4.92 Å². The molecule has 0 aliphatic carbocycles. The molecular weight excluding hydrogens is 274 g/mol. The second-order valence-corrected chi connectivity index (χ2v) is 4.58. The SMILES string of the molecule is O=C1Cc2cc([N+](=O)[O-])c(NCc3cccnn3)cc2N1. The van der Waals surface area contributed by atoms with E-state index in [1.54, 1.807) is 24.4 Å². The quantitative estimate of drug-likeness (QED) is 0.650. The fraction of sp³-hybridized carbons (Fsp3) is 0.154. The number of rotatable bonds is 4. The maximum atomic E-state index is 11.4. The predicted octanol–water partition coefficient (Wildman–Crippen LogP) is 1.49. The number of fused-ring (bicyclic) bond motifs is 1. The van der Waals surface area contributed by atoms with Crippen LogP contribution >= 0.6 is 0 Å². The smallest absolute Gasteiger partial charge is 0.292 e. The lowest BCUT2D eigenvalue weighted by molar-refractivity contribution is -0.384. The Hall–Kier alpha value is -3.03. The van der Waals surface area contributed by atoms with Crippen molar-refractivity contribution in [1.29, 1.82) is 0 Å². The topological polar surface area (TPSA) is 110 Å². The van der Waals surface area contributed by atoms with Gasteiger partial charge in [0.2, 0.25) is 5.91 Å². The largest absolute Gasteiger partial charge is 0.374 e. The van der Waals surface area contributed by atoms with Gasteiger partial charge < -0.3 is 10.6 Å². The van der Waals surface area contributed by atoms with E-state index in [0.29, 0.717) is 29.2 Å². The first-order valence-corrected chi connectivity index (χ1v) is 6.25. The number of carbonyl (C=O) groups is 1. The zero-order chi connectivity index (χ0) is 14.8. The number of carbonyl (C=O) groups excluding carboxylic acids is 1. The number of amides is 1. The van der Waals surface area contributed by atoms with Crippen LogP contribution in [0.4, 0.5) is 17.1 Å². The van der Waals surface area contributed by atoms with Crippen LogP contribution in [0.15, 0.2) is 30.5 Å². The number of nitro benzene ring substituents is 1. The fourth-order valence-corrected chi connectivity index (χ4v) is 2.17. The first-order valence-electron chi connectivity index (χ1n) is 6.25. The molecule has 2 aromatic rings. The molecule has 0 radical (unpaired) electrons. The highest BCUT2D eigenvalue weighted by atomic mass is 16.6. The van der Waals surface area contributed by atoms with Crippen LogP contribution in [0, 0.1) is 10.1 Å². The van der Waals surface area contributed by atoms with Crippen LogP contribution in [-0.4, -0.2) is 21.0 Å². The van der Waals surface area contributed by atoms with E-state index in [1.807, 2.05) is 0 Å². The van der Waals surface area contributed by atoms with Crippen LogP contribution in [0.5, 0.6) is 0 Å². The van der Waals surface area contributed by atoms with Crippen LogP contribution in [0.2, 0.25) is 0 Å². The number of nitrogens with zero attached hydrogens (tertiary/aromatic N) is 3. The zero-order valence-corrected chi connectivity index (χ0v) is 10.9. The lowest BCUT2D eigenvalue weighted by atomic mass is 10.1. The van der Waals surface area contributed by atoms with E-state index in [1.165, 1.54) is 6.07 Å². The Bertz CT molecular complexity index is 717. The molecule has 1 aliphatic heterocycles. The molecule has 1 aromatic heterocycles. The fourth-order valence-electron chi connectivity index (χ4n) is 2.17. The number of hydrogen-bond acceptors (Lipinski definition) is 6. The van der Waals surface area contributed by atoms with Crippen molar-refractivity contribution in [2.24, 2.45) is 0 Å². The Kier molecular flexibility index (Phi) is 3.19. The molecular formula is C13H11N5O3. The molecule has 106 valence electrons. The Morgan fingerprint density at radius 3 is 3.00 bits per heavy atom. The minimum Gasteiger partial charge on any atom is -0.374 e. The van der Waals surface area contributed by atoms with E-state index in [-0.39, 0.29) is 18.0 Å². The molecule has 0 bridgehead atoms. The van der Waals surface area contributed by atoms with Crippen molar-refractivity contribution >= 4 is 23.0 Å². The van der Waals surface area contributed by atoms with Crippen LogP contribution in [-0.2, 0) is 17.8 Å². The van der Waals surface area contributed by atoms with Crippen molar-refractivity contribution in [1.82, 2.24) is 10.2 Å². The molecule has 8 nitrogen and oxygen atoms in total. The summed E-state index contributed by atoms with van der Waals surface area (Å²) in [5.41, 5.74) is 2.18. The zero-order valence-electron chi connectivity index (χ0n) is 10.9. The summed E-state index contributed by atoms with van der Waals surface area (Å²) < 4.78 is 0. The number of hydrogen-bond donors (Lipinski definition) is 2. The van der Waals surface area contributed by atoms with Gasteiger partial charge in [0, 0.05) is 18.0 Å². The summed E-state index contributed by atoms with van der Waals surface area (Å²) in [6.07, 6.45) is 1.72. The number of nitro groups is 1. The summed E-state index contributed by atoms with van der Waals surface area (Å²) >= 11 is 0. The van der Waals surface area contributed by atoms with Crippen molar-refractivity contribution < 1.29 is 9.72 Å². The van der Waals surface area contributed by atoms with Crippen molar-refractivity contribution in [3.8, 4) is 0 Å². The third-order valence-electron chi connectivity index (χ3n) is 3.13. The summed E-state index contributed by atoms with van der Waals surface area (Å²) in [5.74, 6) is -0.162. The summed E-state index contributed by atoms with van der Waals surface area (Å²) in [6, 6.07) is 6.50.